The van der Waals surface area contributed by atoms with Crippen LogP contribution in [0.4, 0.5) is 0 Å². The molecule has 0 bridgehead atoms. The molecule has 0 radical (unpaired) electrons. The maximum absolute atomic E-state index is 11.9. The van der Waals surface area contributed by atoms with Crippen molar-refractivity contribution in [1.82, 2.24) is 4.90 Å². The highest BCUT2D eigenvalue weighted by molar-refractivity contribution is 5.98. The second-order valence-electron chi connectivity index (χ2n) is 6.86. The van der Waals surface area contributed by atoms with Gasteiger partial charge < -0.3 is 14.4 Å². The smallest absolute Gasteiger partial charge is 0.310 e. The predicted molar refractivity (Wildman–Crippen MR) is 112 cm³/mol. The Hall–Kier alpha value is -2.11. The Bertz CT molecular complexity index is 831. The molecule has 28 heavy (non-hydrogen) atoms. The van der Waals surface area contributed by atoms with Crippen LogP contribution in [0, 0.1) is 0 Å². The molecule has 0 saturated carbocycles. The summed E-state index contributed by atoms with van der Waals surface area (Å²) < 4.78 is 11.1. The maximum Gasteiger partial charge on any atom is 0.310 e. The molecular weight excluding hydrogens is 378 g/mol. The summed E-state index contributed by atoms with van der Waals surface area (Å²) in [5.74, 6) is 0.488. The van der Waals surface area contributed by atoms with Crippen molar-refractivity contribution in [2.45, 2.75) is 46.0 Å². The summed E-state index contributed by atoms with van der Waals surface area (Å²) in [5.41, 5.74) is 1.10. The number of nitrogens with zero attached hydrogens (tertiary/aromatic N) is 1. The summed E-state index contributed by atoms with van der Waals surface area (Å²) in [5, 5.41) is 1.66. The molecule has 1 fully saturated rings. The van der Waals surface area contributed by atoms with Crippen molar-refractivity contribution in [3.8, 4) is 11.5 Å². The fourth-order valence-electron chi connectivity index (χ4n) is 3.47. The van der Waals surface area contributed by atoms with Gasteiger partial charge in [0.25, 0.3) is 0 Å². The van der Waals surface area contributed by atoms with Crippen LogP contribution in [0.15, 0.2) is 30.3 Å². The molecule has 5 nitrogen and oxygen atoms in total. The Kier molecular flexibility index (Phi) is 8.27. The van der Waals surface area contributed by atoms with Crippen molar-refractivity contribution < 1.29 is 19.1 Å². The molecule has 2 aromatic rings. The number of likely N-dealkylation sites (tertiary alicyclic amines) is 1. The SMILES string of the molecule is CCC(=O)Oc1ccc(CCN2CCCC2)c2c(OC(=O)CC)cccc12.Cl. The van der Waals surface area contributed by atoms with Crippen LogP contribution < -0.4 is 9.47 Å². The van der Waals surface area contributed by atoms with Crippen LogP contribution in [-0.4, -0.2) is 36.5 Å². The number of fused-ring (bicyclic) bond motifs is 1. The van der Waals surface area contributed by atoms with Gasteiger partial charge in [-0.1, -0.05) is 32.0 Å². The van der Waals surface area contributed by atoms with Gasteiger partial charge in [-0.05, 0) is 50.0 Å². The molecule has 0 spiro atoms. The molecule has 0 unspecified atom stereocenters. The number of halogens is 1. The number of rotatable bonds is 7. The molecule has 1 aliphatic rings. The van der Waals surface area contributed by atoms with Crippen LogP contribution in [0.5, 0.6) is 11.5 Å². The number of benzene rings is 2. The molecule has 0 atom stereocenters. The lowest BCUT2D eigenvalue weighted by Gasteiger charge is -2.18. The number of esters is 2. The predicted octanol–water partition coefficient (Wildman–Crippen LogP) is 4.53. The maximum atomic E-state index is 11.9. The Morgan fingerprint density at radius 2 is 1.57 bits per heavy atom. The third-order valence-corrected chi connectivity index (χ3v) is 4.97. The highest BCUT2D eigenvalue weighted by Gasteiger charge is 2.17. The summed E-state index contributed by atoms with van der Waals surface area (Å²) in [4.78, 5) is 26.2. The number of hydrogen-bond acceptors (Lipinski definition) is 5. The first-order chi connectivity index (χ1) is 13.1. The van der Waals surface area contributed by atoms with E-state index in [-0.39, 0.29) is 24.3 Å². The van der Waals surface area contributed by atoms with Crippen molar-refractivity contribution >= 4 is 35.1 Å². The van der Waals surface area contributed by atoms with Crippen LogP contribution in [0.2, 0.25) is 0 Å². The Morgan fingerprint density at radius 1 is 0.929 bits per heavy atom. The quantitative estimate of drug-likeness (QED) is 0.500. The number of ether oxygens (including phenoxy) is 2. The highest BCUT2D eigenvalue weighted by Crippen LogP contribution is 2.36. The molecule has 1 saturated heterocycles. The number of hydrogen-bond donors (Lipinski definition) is 0. The van der Waals surface area contributed by atoms with Gasteiger partial charge in [0.2, 0.25) is 0 Å². The molecule has 0 aliphatic carbocycles. The minimum Gasteiger partial charge on any atom is -0.426 e. The molecule has 1 aliphatic heterocycles. The Labute approximate surface area is 172 Å². The lowest BCUT2D eigenvalue weighted by Crippen LogP contribution is -2.22. The molecule has 0 N–H and O–H groups in total. The van der Waals surface area contributed by atoms with Crippen molar-refractivity contribution in [2.75, 3.05) is 19.6 Å². The van der Waals surface area contributed by atoms with Crippen LogP contribution >= 0.6 is 12.4 Å². The summed E-state index contributed by atoms with van der Waals surface area (Å²) in [6, 6.07) is 9.38. The summed E-state index contributed by atoms with van der Waals surface area (Å²) in [6.45, 7) is 6.79. The van der Waals surface area contributed by atoms with E-state index in [1.54, 1.807) is 19.9 Å². The standard InChI is InChI=1S/C22H27NO4.ClH/c1-3-20(24)26-18-11-10-16(12-15-23-13-5-6-14-23)22-17(18)8-7-9-19(22)27-21(25)4-2;/h7-11H,3-6,12-15H2,1-2H3;1H. The topological polar surface area (TPSA) is 55.8 Å². The van der Waals surface area contributed by atoms with E-state index in [0.29, 0.717) is 24.3 Å². The summed E-state index contributed by atoms with van der Waals surface area (Å²) in [7, 11) is 0. The first-order valence-electron chi connectivity index (χ1n) is 9.80. The van der Waals surface area contributed by atoms with Crippen LogP contribution in [0.25, 0.3) is 10.8 Å². The lowest BCUT2D eigenvalue weighted by molar-refractivity contribution is -0.134. The molecular formula is C22H28ClNO4. The average Bonchev–Trinajstić information content (AvgIpc) is 3.20. The molecule has 0 amide bonds. The normalized spacial score (nSPS) is 13.9. The van der Waals surface area contributed by atoms with Crippen molar-refractivity contribution in [2.24, 2.45) is 0 Å². The van der Waals surface area contributed by atoms with E-state index in [4.69, 9.17) is 9.47 Å². The Balaban J connectivity index is 0.00000280. The summed E-state index contributed by atoms with van der Waals surface area (Å²) in [6.07, 6.45) is 3.99. The van der Waals surface area contributed by atoms with Gasteiger partial charge in [-0.25, -0.2) is 0 Å². The monoisotopic (exact) mass is 405 g/mol. The van der Waals surface area contributed by atoms with Gasteiger partial charge in [0.05, 0.1) is 0 Å². The minimum absolute atomic E-state index is 0. The van der Waals surface area contributed by atoms with Crippen LogP contribution in [-0.2, 0) is 16.0 Å². The van der Waals surface area contributed by atoms with E-state index >= 15 is 0 Å². The van der Waals surface area contributed by atoms with E-state index in [0.717, 1.165) is 42.4 Å². The zero-order valence-corrected chi connectivity index (χ0v) is 17.3. The average molecular weight is 406 g/mol. The van der Waals surface area contributed by atoms with Gasteiger partial charge in [0.15, 0.2) is 0 Å². The summed E-state index contributed by atoms with van der Waals surface area (Å²) >= 11 is 0. The van der Waals surface area contributed by atoms with Gasteiger partial charge >= 0.3 is 11.9 Å². The molecule has 1 heterocycles. The zero-order valence-electron chi connectivity index (χ0n) is 16.5. The molecule has 0 aromatic heterocycles. The van der Waals surface area contributed by atoms with Gasteiger partial charge in [-0.15, -0.1) is 12.4 Å². The van der Waals surface area contributed by atoms with Gasteiger partial charge in [0, 0.05) is 30.2 Å². The third-order valence-electron chi connectivity index (χ3n) is 4.97. The Morgan fingerprint density at radius 3 is 2.21 bits per heavy atom. The second-order valence-corrected chi connectivity index (χ2v) is 6.86. The van der Waals surface area contributed by atoms with E-state index < -0.39 is 0 Å². The van der Waals surface area contributed by atoms with E-state index in [9.17, 15) is 9.59 Å². The molecule has 6 heteroatoms. The van der Waals surface area contributed by atoms with E-state index in [1.165, 1.54) is 12.8 Å². The van der Waals surface area contributed by atoms with E-state index in [1.807, 2.05) is 24.3 Å². The second kappa shape index (κ2) is 10.4. The third kappa shape index (κ3) is 5.24. The molecule has 3 rings (SSSR count). The van der Waals surface area contributed by atoms with Gasteiger partial charge in [-0.2, -0.15) is 0 Å². The molecule has 2 aromatic carbocycles. The van der Waals surface area contributed by atoms with Gasteiger partial charge in [0.1, 0.15) is 11.5 Å². The van der Waals surface area contributed by atoms with Crippen molar-refractivity contribution in [1.29, 1.82) is 0 Å². The van der Waals surface area contributed by atoms with E-state index in [2.05, 4.69) is 4.90 Å². The van der Waals surface area contributed by atoms with Crippen LogP contribution in [0.3, 0.4) is 0 Å². The molecule has 152 valence electrons. The lowest BCUT2D eigenvalue weighted by atomic mass is 10.00. The zero-order chi connectivity index (χ0) is 19.2. The van der Waals surface area contributed by atoms with Crippen molar-refractivity contribution in [3.63, 3.8) is 0 Å². The van der Waals surface area contributed by atoms with Crippen LogP contribution in [0.1, 0.15) is 45.1 Å². The number of carbonyl (C=O) groups is 2. The minimum atomic E-state index is -0.280. The fourth-order valence-corrected chi connectivity index (χ4v) is 3.47. The highest BCUT2D eigenvalue weighted by atomic mass is 35.5. The van der Waals surface area contributed by atoms with Crippen molar-refractivity contribution in [3.05, 3.63) is 35.9 Å². The number of carbonyl (C=O) groups excluding carboxylic acids is 2. The largest absolute Gasteiger partial charge is 0.426 e. The fraction of sp³-hybridized carbons (Fsp3) is 0.455. The first-order valence-corrected chi connectivity index (χ1v) is 9.80. The first kappa shape index (κ1) is 22.2. The van der Waals surface area contributed by atoms with Gasteiger partial charge in [-0.3, -0.25) is 9.59 Å².